The van der Waals surface area contributed by atoms with Crippen LogP contribution in [0.5, 0.6) is 0 Å². The van der Waals surface area contributed by atoms with Gasteiger partial charge in [0.25, 0.3) is 5.91 Å². The Bertz CT molecular complexity index is 1080. The maximum absolute atomic E-state index is 12.2. The summed E-state index contributed by atoms with van der Waals surface area (Å²) in [7, 11) is 1.30. The molecule has 2 aromatic carbocycles. The molecular weight excluding hydrogens is 372 g/mol. The molecule has 0 saturated carbocycles. The number of carbonyl (C=O) groups excluding carboxylic acids is 3. The number of hydrogen-bond donors (Lipinski definition) is 1. The maximum Gasteiger partial charge on any atom is 0.340 e. The fourth-order valence-corrected chi connectivity index (χ4v) is 3.00. The van der Waals surface area contributed by atoms with Gasteiger partial charge in [0, 0.05) is 22.8 Å². The monoisotopic (exact) mass is 394 g/mol. The van der Waals surface area contributed by atoms with E-state index in [0.717, 1.165) is 11.1 Å². The van der Waals surface area contributed by atoms with Gasteiger partial charge in [-0.15, -0.1) is 0 Å². The molecule has 0 atom stereocenters. The Hall–Kier alpha value is -3.61. The molecule has 0 bridgehead atoms. The van der Waals surface area contributed by atoms with Crippen molar-refractivity contribution in [1.29, 1.82) is 0 Å². The molecule has 0 unspecified atom stereocenters. The van der Waals surface area contributed by atoms with Gasteiger partial charge in [0.05, 0.1) is 12.7 Å². The van der Waals surface area contributed by atoms with Crippen LogP contribution in [0.15, 0.2) is 48.7 Å². The zero-order valence-corrected chi connectivity index (χ0v) is 16.5. The highest BCUT2D eigenvalue weighted by Gasteiger charge is 2.17. The lowest BCUT2D eigenvalue weighted by Crippen LogP contribution is -2.22. The second kappa shape index (κ2) is 8.60. The van der Waals surface area contributed by atoms with Crippen molar-refractivity contribution < 1.29 is 23.9 Å². The number of nitrogens with zero attached hydrogens (tertiary/aromatic N) is 1. The molecule has 0 aliphatic carbocycles. The normalized spacial score (nSPS) is 10.6. The molecule has 0 radical (unpaired) electrons. The first kappa shape index (κ1) is 20.1. The van der Waals surface area contributed by atoms with E-state index in [4.69, 9.17) is 9.47 Å². The van der Waals surface area contributed by atoms with Crippen molar-refractivity contribution in [2.45, 2.75) is 20.4 Å². The van der Waals surface area contributed by atoms with Crippen LogP contribution in [-0.4, -0.2) is 36.1 Å². The standard InChI is InChI=1S/C22H22N2O5/c1-14-8-9-16(10-15(14)2)23-20(25)13-29-21(26)12-24-11-18(22(27)28-3)17-6-4-5-7-19(17)24/h4-11H,12-13H2,1-3H3,(H,23,25). The molecule has 7 nitrogen and oxygen atoms in total. The zero-order chi connectivity index (χ0) is 21.0. The summed E-state index contributed by atoms with van der Waals surface area (Å²) in [4.78, 5) is 36.2. The summed E-state index contributed by atoms with van der Waals surface area (Å²) >= 11 is 0. The van der Waals surface area contributed by atoms with Gasteiger partial charge in [0.2, 0.25) is 0 Å². The van der Waals surface area contributed by atoms with Gasteiger partial charge in [-0.25, -0.2) is 4.79 Å². The first-order valence-corrected chi connectivity index (χ1v) is 9.08. The van der Waals surface area contributed by atoms with Gasteiger partial charge in [-0.3, -0.25) is 9.59 Å². The van der Waals surface area contributed by atoms with Gasteiger partial charge < -0.3 is 19.4 Å². The summed E-state index contributed by atoms with van der Waals surface area (Å²) in [6.45, 7) is 3.41. The SMILES string of the molecule is COC(=O)c1cn(CC(=O)OCC(=O)Nc2ccc(C)c(C)c2)c2ccccc12. The highest BCUT2D eigenvalue weighted by molar-refractivity contribution is 6.04. The Kier molecular flexibility index (Phi) is 5.97. The number of hydrogen-bond acceptors (Lipinski definition) is 5. The van der Waals surface area contributed by atoms with Crippen molar-refractivity contribution >= 4 is 34.4 Å². The fourth-order valence-electron chi connectivity index (χ4n) is 3.00. The molecule has 1 aromatic heterocycles. The molecule has 3 rings (SSSR count). The largest absolute Gasteiger partial charge is 0.465 e. The summed E-state index contributed by atoms with van der Waals surface area (Å²) in [6.07, 6.45) is 1.55. The van der Waals surface area contributed by atoms with Crippen LogP contribution in [0, 0.1) is 13.8 Å². The third kappa shape index (κ3) is 4.63. The lowest BCUT2D eigenvalue weighted by atomic mass is 10.1. The maximum atomic E-state index is 12.2. The van der Waals surface area contributed by atoms with Crippen molar-refractivity contribution in [1.82, 2.24) is 4.57 Å². The Labute approximate surface area is 168 Å². The van der Waals surface area contributed by atoms with E-state index in [1.807, 2.05) is 32.0 Å². The van der Waals surface area contributed by atoms with Crippen LogP contribution in [0.2, 0.25) is 0 Å². The zero-order valence-electron chi connectivity index (χ0n) is 16.5. The number of carbonyl (C=O) groups is 3. The van der Waals surface area contributed by atoms with Crippen molar-refractivity contribution in [3.63, 3.8) is 0 Å². The van der Waals surface area contributed by atoms with Gasteiger partial charge in [0.15, 0.2) is 6.61 Å². The molecule has 1 amide bonds. The van der Waals surface area contributed by atoms with E-state index in [-0.39, 0.29) is 6.54 Å². The first-order chi connectivity index (χ1) is 13.9. The molecule has 7 heteroatoms. The highest BCUT2D eigenvalue weighted by Crippen LogP contribution is 2.22. The fraction of sp³-hybridized carbons (Fsp3) is 0.227. The Morgan fingerprint density at radius 2 is 1.79 bits per heavy atom. The van der Waals surface area contributed by atoms with Gasteiger partial charge in [-0.1, -0.05) is 24.3 Å². The van der Waals surface area contributed by atoms with E-state index in [9.17, 15) is 14.4 Å². The summed E-state index contributed by atoms with van der Waals surface area (Å²) in [5.41, 5.74) is 3.89. The van der Waals surface area contributed by atoms with Gasteiger partial charge in [-0.05, 0) is 43.2 Å². The van der Waals surface area contributed by atoms with Gasteiger partial charge in [0.1, 0.15) is 6.54 Å². The number of para-hydroxylation sites is 1. The molecule has 0 saturated heterocycles. The lowest BCUT2D eigenvalue weighted by Gasteiger charge is -2.09. The smallest absolute Gasteiger partial charge is 0.340 e. The minimum absolute atomic E-state index is 0.131. The second-order valence-electron chi connectivity index (χ2n) is 6.69. The third-order valence-corrected chi connectivity index (χ3v) is 4.65. The van der Waals surface area contributed by atoms with Gasteiger partial charge >= 0.3 is 11.9 Å². The quantitative estimate of drug-likeness (QED) is 0.649. The molecule has 29 heavy (non-hydrogen) atoms. The highest BCUT2D eigenvalue weighted by atomic mass is 16.5. The van der Waals surface area contributed by atoms with Gasteiger partial charge in [-0.2, -0.15) is 0 Å². The Morgan fingerprint density at radius 3 is 2.52 bits per heavy atom. The number of anilines is 1. The number of ether oxygens (including phenoxy) is 2. The van der Waals surface area contributed by atoms with E-state index in [1.54, 1.807) is 35.0 Å². The van der Waals surface area contributed by atoms with E-state index >= 15 is 0 Å². The molecular formula is C22H22N2O5. The number of amides is 1. The van der Waals surface area contributed by atoms with Crippen LogP contribution in [0.1, 0.15) is 21.5 Å². The van der Waals surface area contributed by atoms with Crippen molar-refractivity contribution in [2.24, 2.45) is 0 Å². The molecule has 1 heterocycles. The van der Waals surface area contributed by atoms with Crippen LogP contribution in [0.3, 0.4) is 0 Å². The second-order valence-corrected chi connectivity index (χ2v) is 6.69. The predicted molar refractivity (Wildman–Crippen MR) is 109 cm³/mol. The number of esters is 2. The Balaban J connectivity index is 1.63. The first-order valence-electron chi connectivity index (χ1n) is 9.08. The number of aryl methyl sites for hydroxylation is 2. The summed E-state index contributed by atoms with van der Waals surface area (Å²) in [6, 6.07) is 12.7. The molecule has 0 fully saturated rings. The molecule has 150 valence electrons. The molecule has 0 spiro atoms. The van der Waals surface area contributed by atoms with E-state index in [1.165, 1.54) is 7.11 Å². The van der Waals surface area contributed by atoms with Crippen LogP contribution in [-0.2, 0) is 25.6 Å². The average Bonchev–Trinajstić information content (AvgIpc) is 3.07. The Morgan fingerprint density at radius 1 is 1.03 bits per heavy atom. The van der Waals surface area contributed by atoms with Crippen molar-refractivity contribution in [3.8, 4) is 0 Å². The van der Waals surface area contributed by atoms with Crippen LogP contribution >= 0.6 is 0 Å². The van der Waals surface area contributed by atoms with Crippen molar-refractivity contribution in [2.75, 3.05) is 19.0 Å². The number of benzene rings is 2. The summed E-state index contributed by atoms with van der Waals surface area (Å²) in [5.74, 6) is -1.49. The summed E-state index contributed by atoms with van der Waals surface area (Å²) in [5, 5.41) is 3.38. The number of methoxy groups -OCH3 is 1. The minimum Gasteiger partial charge on any atom is -0.465 e. The van der Waals surface area contributed by atoms with E-state index in [0.29, 0.717) is 22.2 Å². The molecule has 0 aliphatic rings. The van der Waals surface area contributed by atoms with Crippen LogP contribution < -0.4 is 5.32 Å². The number of nitrogens with one attached hydrogen (secondary N) is 1. The van der Waals surface area contributed by atoms with Crippen LogP contribution in [0.4, 0.5) is 5.69 Å². The van der Waals surface area contributed by atoms with E-state index < -0.39 is 24.5 Å². The number of aromatic nitrogens is 1. The third-order valence-electron chi connectivity index (χ3n) is 4.65. The lowest BCUT2D eigenvalue weighted by molar-refractivity contribution is -0.147. The van der Waals surface area contributed by atoms with Crippen molar-refractivity contribution in [3.05, 3.63) is 65.4 Å². The topological polar surface area (TPSA) is 86.6 Å². The molecule has 3 aromatic rings. The molecule has 0 aliphatic heterocycles. The number of rotatable bonds is 6. The van der Waals surface area contributed by atoms with E-state index in [2.05, 4.69) is 5.32 Å². The summed E-state index contributed by atoms with van der Waals surface area (Å²) < 4.78 is 11.5. The average molecular weight is 394 g/mol. The van der Waals surface area contributed by atoms with Crippen LogP contribution in [0.25, 0.3) is 10.9 Å². The number of fused-ring (bicyclic) bond motifs is 1. The predicted octanol–water partition coefficient (Wildman–Crippen LogP) is 3.23. The molecule has 1 N–H and O–H groups in total. The minimum atomic E-state index is -0.586.